The molecule has 2 aromatic carbocycles. The Hall–Kier alpha value is -1.95. The number of alkyl halides is 1. The van der Waals surface area contributed by atoms with E-state index < -0.39 is 10.7 Å². The van der Waals surface area contributed by atoms with Crippen molar-refractivity contribution in [3.63, 3.8) is 0 Å². The zero-order valence-corrected chi connectivity index (χ0v) is 12.2. The maximum atomic E-state index is 13.6. The Morgan fingerprint density at radius 3 is 2.65 bits per heavy atom. The number of benzene rings is 2. The van der Waals surface area contributed by atoms with E-state index in [0.717, 1.165) is 11.1 Å². The highest BCUT2D eigenvalue weighted by Gasteiger charge is 2.18. The van der Waals surface area contributed by atoms with Gasteiger partial charge in [0.05, 0.1) is 4.92 Å². The van der Waals surface area contributed by atoms with Gasteiger partial charge in [0.1, 0.15) is 0 Å². The first-order chi connectivity index (χ1) is 9.51. The van der Waals surface area contributed by atoms with Crippen LogP contribution in [0.4, 0.5) is 10.1 Å². The van der Waals surface area contributed by atoms with Gasteiger partial charge in [-0.1, -0.05) is 28.1 Å². The third-order valence-electron chi connectivity index (χ3n) is 2.68. The van der Waals surface area contributed by atoms with Crippen molar-refractivity contribution in [3.8, 4) is 11.5 Å². The summed E-state index contributed by atoms with van der Waals surface area (Å²) < 4.78 is 19.0. The fraction of sp³-hybridized carbons (Fsp3) is 0.143. The lowest BCUT2D eigenvalue weighted by Gasteiger charge is -2.08. The zero-order chi connectivity index (χ0) is 14.7. The Labute approximate surface area is 123 Å². The smallest absolute Gasteiger partial charge is 0.311 e. The molecule has 0 saturated heterocycles. The van der Waals surface area contributed by atoms with E-state index in [9.17, 15) is 14.5 Å². The number of aryl methyl sites for hydroxylation is 1. The van der Waals surface area contributed by atoms with Gasteiger partial charge in [0.25, 0.3) is 0 Å². The largest absolute Gasteiger partial charge is 0.447 e. The summed E-state index contributed by atoms with van der Waals surface area (Å²) in [6.07, 6.45) is 0. The quantitative estimate of drug-likeness (QED) is 0.459. The molecule has 0 aliphatic carbocycles. The lowest BCUT2D eigenvalue weighted by molar-refractivity contribution is -0.385. The van der Waals surface area contributed by atoms with Crippen LogP contribution in [0, 0.1) is 22.9 Å². The van der Waals surface area contributed by atoms with Crippen molar-refractivity contribution in [2.45, 2.75) is 12.3 Å². The number of rotatable bonds is 4. The molecule has 0 aromatic heterocycles. The Morgan fingerprint density at radius 2 is 2.00 bits per heavy atom. The van der Waals surface area contributed by atoms with Crippen LogP contribution in [-0.4, -0.2) is 4.92 Å². The van der Waals surface area contributed by atoms with Gasteiger partial charge in [0.2, 0.25) is 5.75 Å². The SMILES string of the molecule is Cc1ccc(F)c(Oc2ccc(CBr)cc2[N+](=O)[O-])c1. The molecule has 0 fully saturated rings. The van der Waals surface area contributed by atoms with Gasteiger partial charge < -0.3 is 4.74 Å². The second-order valence-electron chi connectivity index (χ2n) is 4.23. The maximum Gasteiger partial charge on any atom is 0.311 e. The molecule has 2 aromatic rings. The first-order valence-corrected chi connectivity index (χ1v) is 6.90. The van der Waals surface area contributed by atoms with Crippen LogP contribution in [0.2, 0.25) is 0 Å². The summed E-state index contributed by atoms with van der Waals surface area (Å²) in [6.45, 7) is 1.79. The topological polar surface area (TPSA) is 52.4 Å². The third-order valence-corrected chi connectivity index (χ3v) is 3.33. The van der Waals surface area contributed by atoms with E-state index in [0.29, 0.717) is 5.33 Å². The molecular formula is C14H11BrFNO3. The number of halogens is 2. The first kappa shape index (κ1) is 14.5. The molecule has 0 atom stereocenters. The lowest BCUT2D eigenvalue weighted by atomic mass is 10.2. The van der Waals surface area contributed by atoms with E-state index in [4.69, 9.17) is 4.74 Å². The summed E-state index contributed by atoms with van der Waals surface area (Å²) in [7, 11) is 0. The molecule has 0 aliphatic rings. The van der Waals surface area contributed by atoms with Crippen LogP contribution in [0.15, 0.2) is 36.4 Å². The van der Waals surface area contributed by atoms with E-state index >= 15 is 0 Å². The lowest BCUT2D eigenvalue weighted by Crippen LogP contribution is -1.96. The number of nitrogens with zero attached hydrogens (tertiary/aromatic N) is 1. The Morgan fingerprint density at radius 1 is 1.25 bits per heavy atom. The molecule has 0 saturated carbocycles. The van der Waals surface area contributed by atoms with Crippen molar-refractivity contribution < 1.29 is 14.1 Å². The fourth-order valence-electron chi connectivity index (χ4n) is 1.68. The van der Waals surface area contributed by atoms with Gasteiger partial charge in [0, 0.05) is 11.4 Å². The number of nitro benzene ring substituents is 1. The van der Waals surface area contributed by atoms with E-state index in [1.54, 1.807) is 19.1 Å². The van der Waals surface area contributed by atoms with Gasteiger partial charge in [-0.3, -0.25) is 10.1 Å². The van der Waals surface area contributed by atoms with Crippen molar-refractivity contribution in [2.24, 2.45) is 0 Å². The van der Waals surface area contributed by atoms with Gasteiger partial charge in [0.15, 0.2) is 11.6 Å². The van der Waals surface area contributed by atoms with E-state index in [-0.39, 0.29) is 17.2 Å². The summed E-state index contributed by atoms with van der Waals surface area (Å²) in [5, 5.41) is 11.5. The van der Waals surface area contributed by atoms with Gasteiger partial charge in [-0.15, -0.1) is 0 Å². The maximum absolute atomic E-state index is 13.6. The Bertz CT molecular complexity index is 661. The molecule has 2 rings (SSSR count). The standard InChI is InChI=1S/C14H11BrFNO3/c1-9-2-4-11(16)14(6-9)20-13-5-3-10(8-15)7-12(13)17(18)19/h2-7H,8H2,1H3. The number of hydrogen-bond donors (Lipinski definition) is 0. The van der Waals surface area contributed by atoms with Crippen molar-refractivity contribution in [3.05, 3.63) is 63.5 Å². The number of nitro groups is 1. The summed E-state index contributed by atoms with van der Waals surface area (Å²) >= 11 is 3.23. The van der Waals surface area contributed by atoms with Crippen LogP contribution in [0.5, 0.6) is 11.5 Å². The minimum absolute atomic E-state index is 0.0178. The second kappa shape index (κ2) is 6.00. The molecule has 20 heavy (non-hydrogen) atoms. The fourth-order valence-corrected chi connectivity index (χ4v) is 2.03. The molecule has 0 aliphatic heterocycles. The Balaban J connectivity index is 2.42. The highest BCUT2D eigenvalue weighted by atomic mass is 79.9. The van der Waals surface area contributed by atoms with Crippen LogP contribution in [-0.2, 0) is 5.33 Å². The highest BCUT2D eigenvalue weighted by molar-refractivity contribution is 9.08. The Kier molecular flexibility index (Phi) is 4.34. The molecule has 6 heteroatoms. The monoisotopic (exact) mass is 339 g/mol. The average Bonchev–Trinajstić information content (AvgIpc) is 2.43. The molecule has 0 N–H and O–H groups in total. The van der Waals surface area contributed by atoms with Gasteiger partial charge >= 0.3 is 5.69 Å². The van der Waals surface area contributed by atoms with Crippen LogP contribution in [0.25, 0.3) is 0 Å². The minimum atomic E-state index is -0.561. The molecule has 0 radical (unpaired) electrons. The van der Waals surface area contributed by atoms with E-state index in [2.05, 4.69) is 15.9 Å². The zero-order valence-electron chi connectivity index (χ0n) is 10.6. The normalized spacial score (nSPS) is 10.3. The van der Waals surface area contributed by atoms with Crippen LogP contribution in [0.3, 0.4) is 0 Å². The summed E-state index contributed by atoms with van der Waals surface area (Å²) in [6, 6.07) is 8.92. The highest BCUT2D eigenvalue weighted by Crippen LogP contribution is 2.34. The summed E-state index contributed by atoms with van der Waals surface area (Å²) in [4.78, 5) is 10.5. The van der Waals surface area contributed by atoms with Gasteiger partial charge in [-0.2, -0.15) is 0 Å². The van der Waals surface area contributed by atoms with Crippen molar-refractivity contribution in [2.75, 3.05) is 0 Å². The molecule has 0 amide bonds. The van der Waals surface area contributed by atoms with Gasteiger partial charge in [-0.05, 0) is 36.2 Å². The second-order valence-corrected chi connectivity index (χ2v) is 4.79. The van der Waals surface area contributed by atoms with Crippen molar-refractivity contribution in [1.82, 2.24) is 0 Å². The van der Waals surface area contributed by atoms with Gasteiger partial charge in [-0.25, -0.2) is 4.39 Å². The molecular weight excluding hydrogens is 329 g/mol. The minimum Gasteiger partial charge on any atom is -0.447 e. The first-order valence-electron chi connectivity index (χ1n) is 5.78. The molecule has 0 heterocycles. The molecule has 104 valence electrons. The number of ether oxygens (including phenoxy) is 1. The summed E-state index contributed by atoms with van der Waals surface area (Å²) in [5.74, 6) is -0.571. The predicted octanol–water partition coefficient (Wildman–Crippen LogP) is 4.73. The molecule has 0 bridgehead atoms. The van der Waals surface area contributed by atoms with Crippen LogP contribution in [0.1, 0.15) is 11.1 Å². The van der Waals surface area contributed by atoms with E-state index in [1.165, 1.54) is 24.3 Å². The third kappa shape index (κ3) is 3.14. The predicted molar refractivity (Wildman–Crippen MR) is 76.9 cm³/mol. The van der Waals surface area contributed by atoms with Crippen LogP contribution >= 0.6 is 15.9 Å². The average molecular weight is 340 g/mol. The van der Waals surface area contributed by atoms with E-state index in [1.807, 2.05) is 0 Å². The summed E-state index contributed by atoms with van der Waals surface area (Å²) in [5.41, 5.74) is 1.36. The van der Waals surface area contributed by atoms with Crippen molar-refractivity contribution in [1.29, 1.82) is 0 Å². The molecule has 0 spiro atoms. The molecule has 4 nitrogen and oxygen atoms in total. The molecule has 0 unspecified atom stereocenters. The van der Waals surface area contributed by atoms with Crippen LogP contribution < -0.4 is 4.74 Å². The number of hydrogen-bond acceptors (Lipinski definition) is 3. The van der Waals surface area contributed by atoms with Crippen molar-refractivity contribution >= 4 is 21.6 Å².